The molecule has 0 fully saturated rings. The number of ether oxygens (including phenoxy) is 2. The van der Waals surface area contributed by atoms with E-state index in [1.54, 1.807) is 14.2 Å². The van der Waals surface area contributed by atoms with Gasteiger partial charge in [0, 0.05) is 7.11 Å². The van der Waals surface area contributed by atoms with Gasteiger partial charge in [0.15, 0.2) is 0 Å². The molecule has 0 aliphatic carbocycles. The Hall–Kier alpha value is -1.84. The lowest BCUT2D eigenvalue weighted by Gasteiger charge is -2.16. The van der Waals surface area contributed by atoms with E-state index < -0.39 is 6.10 Å². The molecule has 2 aromatic rings. The summed E-state index contributed by atoms with van der Waals surface area (Å²) < 4.78 is 10.3. The second kappa shape index (κ2) is 6.36. The standard InChI is InChI=1S/C16H18O3/c1-18-11-13-5-3-4-6-15(13)16(17)12-7-9-14(19-2)10-8-12/h3-10,16-17H,11H2,1-2H3. The predicted molar refractivity (Wildman–Crippen MR) is 74.2 cm³/mol. The molecule has 0 amide bonds. The summed E-state index contributed by atoms with van der Waals surface area (Å²) in [5, 5.41) is 10.5. The molecular formula is C16H18O3. The van der Waals surface area contributed by atoms with Gasteiger partial charge in [-0.2, -0.15) is 0 Å². The minimum Gasteiger partial charge on any atom is -0.497 e. The molecule has 0 aliphatic heterocycles. The monoisotopic (exact) mass is 258 g/mol. The molecule has 3 heteroatoms. The van der Waals surface area contributed by atoms with Crippen LogP contribution in [0.25, 0.3) is 0 Å². The van der Waals surface area contributed by atoms with Gasteiger partial charge in [0.1, 0.15) is 11.9 Å². The molecule has 100 valence electrons. The van der Waals surface area contributed by atoms with Crippen molar-refractivity contribution in [3.8, 4) is 5.75 Å². The zero-order valence-electron chi connectivity index (χ0n) is 11.2. The smallest absolute Gasteiger partial charge is 0.118 e. The third kappa shape index (κ3) is 3.13. The zero-order valence-corrected chi connectivity index (χ0v) is 11.2. The average molecular weight is 258 g/mol. The number of benzene rings is 2. The molecule has 1 unspecified atom stereocenters. The van der Waals surface area contributed by atoms with Gasteiger partial charge in [-0.15, -0.1) is 0 Å². The highest BCUT2D eigenvalue weighted by atomic mass is 16.5. The van der Waals surface area contributed by atoms with Crippen LogP contribution in [-0.2, 0) is 11.3 Å². The topological polar surface area (TPSA) is 38.7 Å². The second-order valence-electron chi connectivity index (χ2n) is 4.31. The third-order valence-electron chi connectivity index (χ3n) is 3.08. The molecule has 0 saturated heterocycles. The fourth-order valence-electron chi connectivity index (χ4n) is 2.05. The van der Waals surface area contributed by atoms with E-state index in [9.17, 15) is 5.11 Å². The molecule has 2 aromatic carbocycles. The molecular weight excluding hydrogens is 240 g/mol. The van der Waals surface area contributed by atoms with Crippen molar-refractivity contribution in [2.45, 2.75) is 12.7 Å². The molecule has 1 N–H and O–H groups in total. The van der Waals surface area contributed by atoms with Gasteiger partial charge in [0.25, 0.3) is 0 Å². The Labute approximate surface area is 113 Å². The molecule has 0 saturated carbocycles. The van der Waals surface area contributed by atoms with Gasteiger partial charge in [-0.3, -0.25) is 0 Å². The summed E-state index contributed by atoms with van der Waals surface area (Å²) in [6.45, 7) is 0.489. The van der Waals surface area contributed by atoms with Gasteiger partial charge in [-0.25, -0.2) is 0 Å². The maximum absolute atomic E-state index is 10.5. The van der Waals surface area contributed by atoms with Crippen LogP contribution in [0.4, 0.5) is 0 Å². The molecule has 0 bridgehead atoms. The number of rotatable bonds is 5. The van der Waals surface area contributed by atoms with Crippen LogP contribution in [0.15, 0.2) is 48.5 Å². The summed E-state index contributed by atoms with van der Waals surface area (Å²) in [4.78, 5) is 0. The van der Waals surface area contributed by atoms with E-state index in [0.29, 0.717) is 6.61 Å². The second-order valence-corrected chi connectivity index (χ2v) is 4.31. The Balaban J connectivity index is 2.29. The molecule has 0 aromatic heterocycles. The summed E-state index contributed by atoms with van der Waals surface area (Å²) >= 11 is 0. The Morgan fingerprint density at radius 2 is 1.68 bits per heavy atom. The Bertz CT molecular complexity index is 520. The first-order valence-electron chi connectivity index (χ1n) is 6.15. The molecule has 2 rings (SSSR count). The highest BCUT2D eigenvalue weighted by Crippen LogP contribution is 2.26. The minimum absolute atomic E-state index is 0.489. The van der Waals surface area contributed by atoms with Crippen LogP contribution in [0.3, 0.4) is 0 Å². The van der Waals surface area contributed by atoms with E-state index >= 15 is 0 Å². The number of aliphatic hydroxyl groups excluding tert-OH is 1. The summed E-state index contributed by atoms with van der Waals surface area (Å²) in [5.74, 6) is 0.779. The Morgan fingerprint density at radius 3 is 2.32 bits per heavy atom. The van der Waals surface area contributed by atoms with Crippen LogP contribution >= 0.6 is 0 Å². The Morgan fingerprint density at radius 1 is 1.00 bits per heavy atom. The van der Waals surface area contributed by atoms with Crippen molar-refractivity contribution in [3.63, 3.8) is 0 Å². The highest BCUT2D eigenvalue weighted by Gasteiger charge is 2.14. The lowest BCUT2D eigenvalue weighted by molar-refractivity contribution is 0.176. The van der Waals surface area contributed by atoms with E-state index in [-0.39, 0.29) is 0 Å². The van der Waals surface area contributed by atoms with E-state index in [0.717, 1.165) is 22.4 Å². The van der Waals surface area contributed by atoms with Gasteiger partial charge in [0.05, 0.1) is 13.7 Å². The molecule has 19 heavy (non-hydrogen) atoms. The SMILES string of the molecule is COCc1ccccc1C(O)c1ccc(OC)cc1. The van der Waals surface area contributed by atoms with Gasteiger partial charge in [-0.1, -0.05) is 36.4 Å². The quantitative estimate of drug-likeness (QED) is 0.896. The van der Waals surface area contributed by atoms with Crippen molar-refractivity contribution in [2.75, 3.05) is 14.2 Å². The normalized spacial score (nSPS) is 12.2. The van der Waals surface area contributed by atoms with E-state index in [1.165, 1.54) is 0 Å². The lowest BCUT2D eigenvalue weighted by atomic mass is 9.97. The molecule has 0 aliphatic rings. The highest BCUT2D eigenvalue weighted by molar-refractivity contribution is 5.37. The van der Waals surface area contributed by atoms with E-state index in [1.807, 2.05) is 48.5 Å². The third-order valence-corrected chi connectivity index (χ3v) is 3.08. The van der Waals surface area contributed by atoms with Crippen LogP contribution in [0.5, 0.6) is 5.75 Å². The molecule has 0 radical (unpaired) electrons. The van der Waals surface area contributed by atoms with Crippen molar-refractivity contribution in [3.05, 3.63) is 65.2 Å². The van der Waals surface area contributed by atoms with Crippen molar-refractivity contribution in [1.82, 2.24) is 0 Å². The fourth-order valence-corrected chi connectivity index (χ4v) is 2.05. The van der Waals surface area contributed by atoms with Crippen LogP contribution in [0, 0.1) is 0 Å². The number of hydrogen-bond acceptors (Lipinski definition) is 3. The fraction of sp³-hybridized carbons (Fsp3) is 0.250. The summed E-state index contributed by atoms with van der Waals surface area (Å²) in [5.41, 5.74) is 2.70. The predicted octanol–water partition coefficient (Wildman–Crippen LogP) is 2.92. The molecule has 0 heterocycles. The summed E-state index contributed by atoms with van der Waals surface area (Å²) in [6, 6.07) is 15.2. The Kier molecular flexibility index (Phi) is 4.55. The van der Waals surface area contributed by atoms with Crippen LogP contribution < -0.4 is 4.74 Å². The first kappa shape index (κ1) is 13.6. The number of aliphatic hydroxyl groups is 1. The number of hydrogen-bond donors (Lipinski definition) is 1. The zero-order chi connectivity index (χ0) is 13.7. The number of methoxy groups -OCH3 is 2. The first-order valence-corrected chi connectivity index (χ1v) is 6.15. The van der Waals surface area contributed by atoms with Gasteiger partial charge in [-0.05, 0) is 28.8 Å². The van der Waals surface area contributed by atoms with Crippen LogP contribution in [0.2, 0.25) is 0 Å². The van der Waals surface area contributed by atoms with Gasteiger partial charge >= 0.3 is 0 Å². The molecule has 0 spiro atoms. The molecule has 3 nitrogen and oxygen atoms in total. The van der Waals surface area contributed by atoms with Crippen LogP contribution in [0.1, 0.15) is 22.8 Å². The average Bonchev–Trinajstić information content (AvgIpc) is 2.47. The van der Waals surface area contributed by atoms with Crippen LogP contribution in [-0.4, -0.2) is 19.3 Å². The first-order chi connectivity index (χ1) is 9.26. The largest absolute Gasteiger partial charge is 0.497 e. The van der Waals surface area contributed by atoms with Crippen molar-refractivity contribution in [2.24, 2.45) is 0 Å². The maximum atomic E-state index is 10.5. The van der Waals surface area contributed by atoms with Crippen molar-refractivity contribution < 1.29 is 14.6 Å². The van der Waals surface area contributed by atoms with Crippen molar-refractivity contribution in [1.29, 1.82) is 0 Å². The van der Waals surface area contributed by atoms with Gasteiger partial charge < -0.3 is 14.6 Å². The minimum atomic E-state index is -0.655. The molecule has 1 atom stereocenters. The maximum Gasteiger partial charge on any atom is 0.118 e. The van der Waals surface area contributed by atoms with E-state index in [2.05, 4.69) is 0 Å². The lowest BCUT2D eigenvalue weighted by Crippen LogP contribution is -2.04. The summed E-state index contributed by atoms with van der Waals surface area (Å²) in [6.07, 6.45) is -0.655. The van der Waals surface area contributed by atoms with Crippen molar-refractivity contribution >= 4 is 0 Å². The van der Waals surface area contributed by atoms with Gasteiger partial charge in [0.2, 0.25) is 0 Å². The van der Waals surface area contributed by atoms with E-state index in [4.69, 9.17) is 9.47 Å². The summed E-state index contributed by atoms with van der Waals surface area (Å²) in [7, 11) is 3.27.